The Morgan fingerprint density at radius 3 is 2.46 bits per heavy atom. The van der Waals surface area contributed by atoms with Crippen molar-refractivity contribution in [1.82, 2.24) is 4.68 Å². The highest BCUT2D eigenvalue weighted by molar-refractivity contribution is 7.92. The molecule has 26 heavy (non-hydrogen) atoms. The first kappa shape index (κ1) is 19.2. The molecule has 0 radical (unpaired) electrons. The quantitative estimate of drug-likeness (QED) is 0.551. The van der Waals surface area contributed by atoms with Crippen molar-refractivity contribution >= 4 is 56.8 Å². The number of sulfonamides is 1. The number of halogens is 2. The molecule has 5 nitrogen and oxygen atoms in total. The minimum atomic E-state index is -3.88. The molecule has 0 saturated heterocycles. The van der Waals surface area contributed by atoms with Crippen LogP contribution in [0.15, 0.2) is 53.4 Å². The Balaban J connectivity index is 1.91. The number of aromatic nitrogens is 1. The monoisotopic (exact) mass is 446 g/mol. The van der Waals surface area contributed by atoms with Crippen molar-refractivity contribution in [2.75, 3.05) is 4.83 Å². The first-order valence-corrected chi connectivity index (χ1v) is 10.7. The maximum Gasteiger partial charge on any atom is 0.275 e. The average molecular weight is 447 g/mol. The van der Waals surface area contributed by atoms with Gasteiger partial charge in [-0.15, -0.1) is 11.3 Å². The van der Waals surface area contributed by atoms with Gasteiger partial charge in [-0.1, -0.05) is 47.5 Å². The Morgan fingerprint density at radius 2 is 1.81 bits per heavy atom. The third-order valence-electron chi connectivity index (χ3n) is 3.47. The number of hydrogen-bond donors (Lipinski definition) is 2. The van der Waals surface area contributed by atoms with E-state index in [1.807, 2.05) is 0 Å². The molecule has 0 fully saturated rings. The van der Waals surface area contributed by atoms with E-state index >= 15 is 0 Å². The van der Waals surface area contributed by atoms with Gasteiger partial charge in [-0.05, 0) is 42.0 Å². The molecule has 0 aliphatic heterocycles. The zero-order valence-corrected chi connectivity index (χ0v) is 17.0. The molecule has 0 bridgehead atoms. The lowest BCUT2D eigenvalue weighted by Gasteiger charge is -2.10. The number of thiazole rings is 1. The number of nitrogens with zero attached hydrogens (tertiary/aromatic N) is 1. The fourth-order valence-electron chi connectivity index (χ4n) is 2.21. The number of benzene rings is 2. The third kappa shape index (κ3) is 4.05. The highest BCUT2D eigenvalue weighted by Crippen LogP contribution is 2.30. The van der Waals surface area contributed by atoms with Crippen LogP contribution in [-0.4, -0.2) is 18.2 Å². The van der Waals surface area contributed by atoms with Crippen molar-refractivity contribution in [2.45, 2.75) is 11.3 Å². The van der Waals surface area contributed by atoms with Gasteiger partial charge in [0.25, 0.3) is 10.0 Å². The van der Waals surface area contributed by atoms with Crippen LogP contribution in [-0.2, 0) is 16.4 Å². The Morgan fingerprint density at radius 1 is 1.12 bits per heavy atom. The molecule has 3 rings (SSSR count). The number of aromatic hydroxyl groups is 1. The van der Waals surface area contributed by atoms with Crippen LogP contribution in [0.2, 0.25) is 10.0 Å². The van der Waals surface area contributed by atoms with Crippen LogP contribution >= 0.6 is 46.8 Å². The van der Waals surface area contributed by atoms with Crippen molar-refractivity contribution in [3.63, 3.8) is 0 Å². The predicted octanol–water partition coefficient (Wildman–Crippen LogP) is 4.81. The van der Waals surface area contributed by atoms with E-state index in [-0.39, 0.29) is 14.7 Å². The minimum Gasteiger partial charge on any atom is -0.492 e. The van der Waals surface area contributed by atoms with Gasteiger partial charge in [-0.3, -0.25) is 0 Å². The lowest BCUT2D eigenvalue weighted by Crippen LogP contribution is -2.22. The molecule has 0 amide bonds. The summed E-state index contributed by atoms with van der Waals surface area (Å²) in [5, 5.41) is 11.3. The van der Waals surface area contributed by atoms with E-state index in [4.69, 9.17) is 35.4 Å². The molecule has 0 saturated carbocycles. The maximum absolute atomic E-state index is 12.4. The highest BCUT2D eigenvalue weighted by Gasteiger charge is 2.19. The standard InChI is InChI=1S/C16H12Cl2N2O3S3/c17-12-7-6-10(8-13(12)18)9-14-15(21)20(16(24)25-14)19-26(22,23)11-4-2-1-3-5-11/h1-8,19,21H,9H2. The second-order valence-electron chi connectivity index (χ2n) is 5.28. The van der Waals surface area contributed by atoms with Crippen LogP contribution in [0, 0.1) is 3.95 Å². The van der Waals surface area contributed by atoms with E-state index in [0.29, 0.717) is 21.3 Å². The molecule has 3 aromatic rings. The number of rotatable bonds is 5. The second-order valence-corrected chi connectivity index (χ2v) is 9.49. The van der Waals surface area contributed by atoms with E-state index in [0.717, 1.165) is 21.6 Å². The molecule has 1 aromatic heterocycles. The van der Waals surface area contributed by atoms with E-state index in [1.165, 1.54) is 12.1 Å². The van der Waals surface area contributed by atoms with Crippen LogP contribution in [0.3, 0.4) is 0 Å². The van der Waals surface area contributed by atoms with Gasteiger partial charge >= 0.3 is 0 Å². The van der Waals surface area contributed by atoms with E-state index in [2.05, 4.69) is 4.83 Å². The molecule has 136 valence electrons. The van der Waals surface area contributed by atoms with Crippen LogP contribution in [0.5, 0.6) is 5.88 Å². The summed E-state index contributed by atoms with van der Waals surface area (Å²) in [5.74, 6) is -0.259. The third-order valence-corrected chi connectivity index (χ3v) is 6.89. The Bertz CT molecular complexity index is 1110. The average Bonchev–Trinajstić information content (AvgIpc) is 2.86. The molecule has 0 aliphatic rings. The lowest BCUT2D eigenvalue weighted by molar-refractivity contribution is 0.431. The van der Waals surface area contributed by atoms with E-state index in [1.54, 1.807) is 36.4 Å². The minimum absolute atomic E-state index is 0.0681. The SMILES string of the molecule is O=S(=O)(Nn1c(O)c(Cc2ccc(Cl)c(Cl)c2)sc1=S)c1ccccc1. The van der Waals surface area contributed by atoms with Gasteiger partial charge in [-0.2, -0.15) is 13.1 Å². The molecule has 0 unspecified atom stereocenters. The van der Waals surface area contributed by atoms with Gasteiger partial charge < -0.3 is 5.11 Å². The molecule has 10 heteroatoms. The Kier molecular flexibility index (Phi) is 5.59. The topological polar surface area (TPSA) is 71.3 Å². The van der Waals surface area contributed by atoms with Gasteiger partial charge in [0, 0.05) is 6.42 Å². The first-order valence-electron chi connectivity index (χ1n) is 7.23. The van der Waals surface area contributed by atoms with Gasteiger partial charge in [-0.25, -0.2) is 4.83 Å². The first-order chi connectivity index (χ1) is 12.3. The normalized spacial score (nSPS) is 11.5. The summed E-state index contributed by atoms with van der Waals surface area (Å²) in [6, 6.07) is 12.9. The Hall–Kier alpha value is -1.58. The van der Waals surface area contributed by atoms with Gasteiger partial charge in [0.2, 0.25) is 5.88 Å². The number of nitrogens with one attached hydrogen (secondary N) is 1. The molecular weight excluding hydrogens is 435 g/mol. The zero-order chi connectivity index (χ0) is 18.9. The van der Waals surface area contributed by atoms with Crippen molar-refractivity contribution < 1.29 is 13.5 Å². The molecule has 0 atom stereocenters. The summed E-state index contributed by atoms with van der Waals surface area (Å²) in [6.07, 6.45) is 0.330. The maximum atomic E-state index is 12.4. The lowest BCUT2D eigenvalue weighted by atomic mass is 10.1. The van der Waals surface area contributed by atoms with Crippen LogP contribution < -0.4 is 4.83 Å². The van der Waals surface area contributed by atoms with Gasteiger partial charge in [0.15, 0.2) is 3.95 Å². The summed E-state index contributed by atoms with van der Waals surface area (Å²) < 4.78 is 26.0. The van der Waals surface area contributed by atoms with Crippen LogP contribution in [0.4, 0.5) is 0 Å². The summed E-state index contributed by atoms with van der Waals surface area (Å²) in [7, 11) is -3.88. The highest BCUT2D eigenvalue weighted by atomic mass is 35.5. The summed E-state index contributed by atoms with van der Waals surface area (Å²) in [4.78, 5) is 2.87. The fraction of sp³-hybridized carbons (Fsp3) is 0.0625. The summed E-state index contributed by atoms with van der Waals surface area (Å²) in [6.45, 7) is 0. The smallest absolute Gasteiger partial charge is 0.275 e. The Labute approximate surface area is 169 Å². The van der Waals surface area contributed by atoms with Crippen molar-refractivity contribution in [3.05, 3.63) is 73.0 Å². The molecule has 0 aliphatic carbocycles. The fourth-order valence-corrected chi connectivity index (χ4v) is 4.98. The van der Waals surface area contributed by atoms with Gasteiger partial charge in [0.05, 0.1) is 19.8 Å². The van der Waals surface area contributed by atoms with E-state index < -0.39 is 10.0 Å². The summed E-state index contributed by atoms with van der Waals surface area (Å²) in [5.41, 5.74) is 0.809. The van der Waals surface area contributed by atoms with Crippen molar-refractivity contribution in [2.24, 2.45) is 0 Å². The van der Waals surface area contributed by atoms with E-state index in [9.17, 15) is 13.5 Å². The van der Waals surface area contributed by atoms with Gasteiger partial charge in [0.1, 0.15) is 0 Å². The largest absolute Gasteiger partial charge is 0.492 e. The van der Waals surface area contributed by atoms with Crippen molar-refractivity contribution in [3.8, 4) is 5.88 Å². The second kappa shape index (κ2) is 7.58. The number of hydrogen-bond acceptors (Lipinski definition) is 5. The van der Waals surface area contributed by atoms with Crippen LogP contribution in [0.25, 0.3) is 0 Å². The predicted molar refractivity (Wildman–Crippen MR) is 107 cm³/mol. The zero-order valence-electron chi connectivity index (χ0n) is 13.0. The molecule has 2 aromatic carbocycles. The molecule has 2 N–H and O–H groups in total. The van der Waals surface area contributed by atoms with Crippen molar-refractivity contribution in [1.29, 1.82) is 0 Å². The molecular formula is C16H12Cl2N2O3S3. The van der Waals surface area contributed by atoms with Crippen LogP contribution in [0.1, 0.15) is 10.4 Å². The molecule has 0 spiro atoms. The summed E-state index contributed by atoms with van der Waals surface area (Å²) >= 11 is 18.2. The molecule has 1 heterocycles.